The molecule has 0 bridgehead atoms. The number of rotatable bonds is 2. The fraction of sp³-hybridized carbons (Fsp3) is 0.100. The highest BCUT2D eigenvalue weighted by Crippen LogP contribution is 2.23. The average molecular weight is 245 g/mol. The van der Waals surface area contributed by atoms with Crippen LogP contribution in [0.2, 0.25) is 5.02 Å². The molecule has 0 aliphatic rings. The zero-order valence-corrected chi connectivity index (χ0v) is 9.11. The Labute approximate surface area is 96.1 Å². The largest absolute Gasteiger partial charge is 0.341 e. The van der Waals surface area contributed by atoms with E-state index in [-0.39, 0.29) is 5.02 Å². The molecule has 0 atom stereocenters. The smallest absolute Gasteiger partial charge is 0.141 e. The van der Waals surface area contributed by atoms with Gasteiger partial charge in [-0.2, -0.15) is 0 Å². The number of alkyl halides is 1. The minimum atomic E-state index is -0.433. The normalized spacial score (nSPS) is 10.6. The summed E-state index contributed by atoms with van der Waals surface area (Å²) in [5.41, 5.74) is 1.55. The molecule has 1 aromatic heterocycles. The monoisotopic (exact) mass is 244 g/mol. The van der Waals surface area contributed by atoms with Crippen molar-refractivity contribution in [3.05, 3.63) is 41.1 Å². The minimum Gasteiger partial charge on any atom is -0.341 e. The first-order valence-corrected chi connectivity index (χ1v) is 5.17. The first-order chi connectivity index (χ1) is 7.20. The van der Waals surface area contributed by atoms with Crippen molar-refractivity contribution in [2.24, 2.45) is 0 Å². The summed E-state index contributed by atoms with van der Waals surface area (Å²) in [6.45, 7) is 0. The number of aromatic amines is 1. The van der Waals surface area contributed by atoms with Crippen LogP contribution >= 0.6 is 23.2 Å². The predicted molar refractivity (Wildman–Crippen MR) is 58.5 cm³/mol. The quantitative estimate of drug-likeness (QED) is 0.804. The van der Waals surface area contributed by atoms with Gasteiger partial charge in [-0.25, -0.2) is 9.37 Å². The Balaban J connectivity index is 2.40. The molecule has 0 amide bonds. The van der Waals surface area contributed by atoms with Crippen LogP contribution in [0.5, 0.6) is 0 Å². The maximum absolute atomic E-state index is 12.9. The van der Waals surface area contributed by atoms with Gasteiger partial charge in [-0.05, 0) is 18.2 Å². The second-order valence-electron chi connectivity index (χ2n) is 3.01. The van der Waals surface area contributed by atoms with Crippen LogP contribution in [0, 0.1) is 5.82 Å². The van der Waals surface area contributed by atoms with Crippen LogP contribution in [0.1, 0.15) is 5.82 Å². The summed E-state index contributed by atoms with van der Waals surface area (Å²) in [4.78, 5) is 7.04. The lowest BCUT2D eigenvalue weighted by atomic mass is 10.2. The van der Waals surface area contributed by atoms with Gasteiger partial charge in [0.2, 0.25) is 0 Å². The van der Waals surface area contributed by atoms with E-state index in [9.17, 15) is 4.39 Å². The van der Waals surface area contributed by atoms with Crippen LogP contribution < -0.4 is 0 Å². The summed E-state index contributed by atoms with van der Waals surface area (Å²) >= 11 is 11.3. The molecular formula is C10H7Cl2FN2. The van der Waals surface area contributed by atoms with Crippen molar-refractivity contribution in [3.8, 4) is 11.3 Å². The second-order valence-corrected chi connectivity index (χ2v) is 3.68. The number of aromatic nitrogens is 2. The number of H-pyrrole nitrogens is 1. The standard InChI is InChI=1S/C10H7Cl2FN2/c11-4-10-14-5-9(15-10)6-1-2-8(13)7(12)3-6/h1-3,5H,4H2,(H,14,15). The lowest BCUT2D eigenvalue weighted by Crippen LogP contribution is -1.82. The number of hydrogen-bond acceptors (Lipinski definition) is 1. The van der Waals surface area contributed by atoms with Crippen molar-refractivity contribution in [3.63, 3.8) is 0 Å². The summed E-state index contributed by atoms with van der Waals surface area (Å²) in [5.74, 6) is 0.555. The van der Waals surface area contributed by atoms with Gasteiger partial charge in [-0.15, -0.1) is 11.6 Å². The molecule has 0 spiro atoms. The molecule has 0 saturated carbocycles. The molecule has 1 N–H and O–H groups in total. The van der Waals surface area contributed by atoms with Gasteiger partial charge in [0.1, 0.15) is 11.6 Å². The number of imidazole rings is 1. The van der Waals surface area contributed by atoms with Crippen LogP contribution in [0.4, 0.5) is 4.39 Å². The van der Waals surface area contributed by atoms with Gasteiger partial charge in [0.25, 0.3) is 0 Å². The van der Waals surface area contributed by atoms with Crippen molar-refractivity contribution in [1.82, 2.24) is 9.97 Å². The van der Waals surface area contributed by atoms with Crippen molar-refractivity contribution >= 4 is 23.2 Å². The van der Waals surface area contributed by atoms with Crippen molar-refractivity contribution in [1.29, 1.82) is 0 Å². The van der Waals surface area contributed by atoms with E-state index in [0.717, 1.165) is 11.3 Å². The Bertz CT molecular complexity index is 482. The number of halogens is 3. The summed E-state index contributed by atoms with van der Waals surface area (Å²) in [6, 6.07) is 4.49. The Morgan fingerprint density at radius 1 is 1.40 bits per heavy atom. The predicted octanol–water partition coefficient (Wildman–Crippen LogP) is 3.61. The molecule has 2 aromatic rings. The first kappa shape index (κ1) is 10.5. The van der Waals surface area contributed by atoms with E-state index in [1.165, 1.54) is 6.07 Å². The molecule has 2 nitrogen and oxygen atoms in total. The zero-order valence-electron chi connectivity index (χ0n) is 7.60. The summed E-state index contributed by atoms with van der Waals surface area (Å²) in [6.07, 6.45) is 1.64. The maximum Gasteiger partial charge on any atom is 0.141 e. The van der Waals surface area contributed by atoms with Crippen LogP contribution in [-0.2, 0) is 5.88 Å². The number of hydrogen-bond donors (Lipinski definition) is 1. The molecule has 1 heterocycles. The van der Waals surface area contributed by atoms with Crippen LogP contribution in [-0.4, -0.2) is 9.97 Å². The second kappa shape index (κ2) is 4.21. The van der Waals surface area contributed by atoms with Crippen molar-refractivity contribution in [2.75, 3.05) is 0 Å². The van der Waals surface area contributed by atoms with Crippen LogP contribution in [0.3, 0.4) is 0 Å². The maximum atomic E-state index is 12.9. The third-order valence-electron chi connectivity index (χ3n) is 1.99. The summed E-state index contributed by atoms with van der Waals surface area (Å²) in [5, 5.41) is 0.0922. The van der Waals surface area contributed by atoms with E-state index in [1.54, 1.807) is 18.3 Å². The van der Waals surface area contributed by atoms with E-state index in [1.807, 2.05) is 0 Å². The number of nitrogens with zero attached hydrogens (tertiary/aromatic N) is 1. The fourth-order valence-corrected chi connectivity index (χ4v) is 1.56. The topological polar surface area (TPSA) is 28.7 Å². The minimum absolute atomic E-state index is 0.0922. The van der Waals surface area contributed by atoms with Gasteiger partial charge in [-0.3, -0.25) is 0 Å². The van der Waals surface area contributed by atoms with Gasteiger partial charge in [0.05, 0.1) is 22.8 Å². The van der Waals surface area contributed by atoms with Gasteiger partial charge < -0.3 is 4.98 Å². The Morgan fingerprint density at radius 3 is 2.80 bits per heavy atom. The molecule has 15 heavy (non-hydrogen) atoms. The molecule has 78 valence electrons. The number of benzene rings is 1. The first-order valence-electron chi connectivity index (χ1n) is 4.26. The summed E-state index contributed by atoms with van der Waals surface area (Å²) in [7, 11) is 0. The van der Waals surface area contributed by atoms with Crippen molar-refractivity contribution < 1.29 is 4.39 Å². The highest BCUT2D eigenvalue weighted by molar-refractivity contribution is 6.31. The average Bonchev–Trinajstić information content (AvgIpc) is 2.70. The third kappa shape index (κ3) is 2.13. The van der Waals surface area contributed by atoms with E-state index < -0.39 is 5.82 Å². The van der Waals surface area contributed by atoms with Crippen LogP contribution in [0.15, 0.2) is 24.4 Å². The molecule has 0 aliphatic heterocycles. The summed E-state index contributed by atoms with van der Waals surface area (Å²) < 4.78 is 12.9. The molecular weight excluding hydrogens is 238 g/mol. The highest BCUT2D eigenvalue weighted by atomic mass is 35.5. The zero-order chi connectivity index (χ0) is 10.8. The molecule has 0 saturated heterocycles. The van der Waals surface area contributed by atoms with Gasteiger partial charge in [-0.1, -0.05) is 11.6 Å². The SMILES string of the molecule is Fc1ccc(-c2cnc(CCl)[nH]2)cc1Cl. The molecule has 0 fully saturated rings. The fourth-order valence-electron chi connectivity index (χ4n) is 1.24. The molecule has 0 radical (unpaired) electrons. The van der Waals surface area contributed by atoms with Gasteiger partial charge in [0.15, 0.2) is 0 Å². The highest BCUT2D eigenvalue weighted by Gasteiger charge is 2.05. The van der Waals surface area contributed by atoms with E-state index in [0.29, 0.717) is 11.7 Å². The Kier molecular flexibility index (Phi) is 2.93. The molecule has 0 aliphatic carbocycles. The van der Waals surface area contributed by atoms with Gasteiger partial charge >= 0.3 is 0 Å². The van der Waals surface area contributed by atoms with E-state index in [2.05, 4.69) is 9.97 Å². The molecule has 2 rings (SSSR count). The third-order valence-corrected chi connectivity index (χ3v) is 2.53. The van der Waals surface area contributed by atoms with E-state index >= 15 is 0 Å². The van der Waals surface area contributed by atoms with Crippen LogP contribution in [0.25, 0.3) is 11.3 Å². The number of nitrogens with one attached hydrogen (secondary N) is 1. The lowest BCUT2D eigenvalue weighted by molar-refractivity contribution is 0.628. The Morgan fingerprint density at radius 2 is 2.20 bits per heavy atom. The van der Waals surface area contributed by atoms with E-state index in [4.69, 9.17) is 23.2 Å². The van der Waals surface area contributed by atoms with Gasteiger partial charge in [0, 0.05) is 5.56 Å². The molecule has 1 aromatic carbocycles. The Hall–Kier alpha value is -1.06. The molecule has 5 heteroatoms. The molecule has 0 unspecified atom stereocenters. The van der Waals surface area contributed by atoms with Crippen molar-refractivity contribution in [2.45, 2.75) is 5.88 Å². The lowest BCUT2D eigenvalue weighted by Gasteiger charge is -1.99.